The molecule has 0 atom stereocenters. The Morgan fingerprint density at radius 1 is 0.757 bits per heavy atom. The summed E-state index contributed by atoms with van der Waals surface area (Å²) in [6.45, 7) is 19.6. The summed E-state index contributed by atoms with van der Waals surface area (Å²) in [5.41, 5.74) is 1.98. The van der Waals surface area contributed by atoms with E-state index in [1.807, 2.05) is 13.0 Å². The van der Waals surface area contributed by atoms with Crippen molar-refractivity contribution in [2.24, 2.45) is 0 Å². The Balaban J connectivity index is 3.54. The maximum atomic E-state index is 13.4. The van der Waals surface area contributed by atoms with Crippen molar-refractivity contribution in [3.05, 3.63) is 22.8 Å². The molecule has 0 fully saturated rings. The Hall–Kier alpha value is -1.16. The van der Waals surface area contributed by atoms with Crippen LogP contribution in [0, 0.1) is 0 Å². The van der Waals surface area contributed by atoms with Gasteiger partial charge in [0.05, 0.1) is 12.2 Å². The first-order valence-corrected chi connectivity index (χ1v) is 16.9. The Morgan fingerprint density at radius 3 is 1.62 bits per heavy atom. The van der Waals surface area contributed by atoms with Crippen LogP contribution in [0.2, 0.25) is 0 Å². The van der Waals surface area contributed by atoms with Crippen LogP contribution < -0.4 is 0 Å². The summed E-state index contributed by atoms with van der Waals surface area (Å²) in [6.07, 6.45) is 15.3. The number of benzene rings is 1. The molecule has 0 aromatic heterocycles. The molecule has 1 aromatic carbocycles. The van der Waals surface area contributed by atoms with Gasteiger partial charge in [0.1, 0.15) is 5.75 Å². The number of hydrogen-bond donors (Lipinski definition) is 2. The van der Waals surface area contributed by atoms with Gasteiger partial charge in [0.15, 0.2) is 0 Å². The smallest absolute Gasteiger partial charge is 0.339 e. The maximum absolute atomic E-state index is 13.4. The van der Waals surface area contributed by atoms with Crippen LogP contribution in [-0.4, -0.2) is 29.2 Å². The summed E-state index contributed by atoms with van der Waals surface area (Å²) in [7, 11) is -0.579. The highest BCUT2D eigenvalue weighted by Crippen LogP contribution is 2.52. The fourth-order valence-corrected chi connectivity index (χ4v) is 8.27. The maximum Gasteiger partial charge on any atom is 0.339 e. The van der Waals surface area contributed by atoms with Gasteiger partial charge in [0.2, 0.25) is 0 Å². The van der Waals surface area contributed by atoms with Crippen molar-refractivity contribution in [1.29, 1.82) is 0 Å². The number of unbranched alkanes of at least 4 members (excludes halogenated alkanes) is 10. The highest BCUT2D eigenvalue weighted by molar-refractivity contribution is 8.17. The molecule has 37 heavy (non-hydrogen) atoms. The van der Waals surface area contributed by atoms with Crippen molar-refractivity contribution in [3.8, 4) is 5.75 Å². The molecule has 0 amide bonds. The van der Waals surface area contributed by atoms with Gasteiger partial charge in [-0.05, 0) is 48.2 Å². The molecule has 0 saturated carbocycles. The molecule has 0 aliphatic rings. The van der Waals surface area contributed by atoms with Crippen LogP contribution in [0.4, 0.5) is 0 Å². The van der Waals surface area contributed by atoms with Crippen molar-refractivity contribution in [3.63, 3.8) is 0 Å². The monoisotopic (exact) mass is 536 g/mol. The van der Waals surface area contributed by atoms with E-state index in [-0.39, 0.29) is 16.8 Å². The quantitative estimate of drug-likeness (QED) is 0.118. The number of phenolic OH excluding ortho intramolecular Hbond substituents is 1. The Labute approximate surface area is 232 Å². The predicted molar refractivity (Wildman–Crippen MR) is 165 cm³/mol. The molecular weight excluding hydrogens is 476 g/mol. The predicted octanol–water partition coefficient (Wildman–Crippen LogP) is 10.2. The average Bonchev–Trinajstić information content (AvgIpc) is 2.80. The fraction of sp³-hybridized carbons (Fsp3) is 0.788. The molecule has 0 saturated heterocycles. The molecule has 0 aliphatic heterocycles. The highest BCUT2D eigenvalue weighted by atomic mass is 32.2. The first kappa shape index (κ1) is 33.9. The normalized spacial score (nSPS) is 12.6. The molecular formula is C33H60O3S. The Kier molecular flexibility index (Phi) is 15.3. The summed E-state index contributed by atoms with van der Waals surface area (Å²) < 4.78 is 5.62. The lowest BCUT2D eigenvalue weighted by atomic mass is 9.78. The molecule has 0 spiro atoms. The van der Waals surface area contributed by atoms with Crippen LogP contribution in [0.15, 0.2) is 11.0 Å². The van der Waals surface area contributed by atoms with Crippen LogP contribution in [0.3, 0.4) is 0 Å². The van der Waals surface area contributed by atoms with Gasteiger partial charge in [-0.15, -0.1) is 0 Å². The third-order valence-corrected chi connectivity index (χ3v) is 10.0. The van der Waals surface area contributed by atoms with Crippen molar-refractivity contribution >= 4 is 16.9 Å². The molecule has 216 valence electrons. The SMILES string of the molecule is CCCCCCCC[SH](CCCCCCCC)c1c(C(=O)OCC)cc(C(C)(C)C)c(O)c1C(C)(C)C. The number of hydrogen-bond acceptors (Lipinski definition) is 3. The van der Waals surface area contributed by atoms with Crippen LogP contribution in [-0.2, 0) is 15.6 Å². The van der Waals surface area contributed by atoms with Crippen LogP contribution >= 0.6 is 10.9 Å². The minimum absolute atomic E-state index is 0.230. The molecule has 0 aliphatic carbocycles. The van der Waals surface area contributed by atoms with E-state index in [1.54, 1.807) is 0 Å². The van der Waals surface area contributed by atoms with Gasteiger partial charge in [-0.2, -0.15) is 0 Å². The molecule has 0 radical (unpaired) electrons. The van der Waals surface area contributed by atoms with E-state index in [0.29, 0.717) is 17.9 Å². The topological polar surface area (TPSA) is 46.5 Å². The minimum Gasteiger partial charge on any atom is -0.507 e. The fourth-order valence-electron chi connectivity index (χ4n) is 5.14. The van der Waals surface area contributed by atoms with E-state index < -0.39 is 10.9 Å². The summed E-state index contributed by atoms with van der Waals surface area (Å²) in [6, 6.07) is 1.97. The molecule has 3 nitrogen and oxygen atoms in total. The zero-order valence-electron chi connectivity index (χ0n) is 25.9. The summed E-state index contributed by atoms with van der Waals surface area (Å²) in [4.78, 5) is 14.6. The van der Waals surface area contributed by atoms with Crippen molar-refractivity contribution in [2.45, 2.75) is 155 Å². The lowest BCUT2D eigenvalue weighted by molar-refractivity contribution is 0.0521. The zero-order valence-corrected chi connectivity index (χ0v) is 26.8. The summed E-state index contributed by atoms with van der Waals surface area (Å²) >= 11 is 0. The van der Waals surface area contributed by atoms with Gasteiger partial charge in [-0.1, -0.05) is 120 Å². The zero-order chi connectivity index (χ0) is 28.1. The molecule has 4 heteroatoms. The summed E-state index contributed by atoms with van der Waals surface area (Å²) in [5.74, 6) is 2.41. The van der Waals surface area contributed by atoms with E-state index in [0.717, 1.165) is 27.5 Å². The molecule has 0 heterocycles. The number of thiol groups is 1. The second kappa shape index (κ2) is 16.7. The van der Waals surface area contributed by atoms with Gasteiger partial charge in [0.25, 0.3) is 0 Å². The third-order valence-electron chi connectivity index (χ3n) is 7.21. The van der Waals surface area contributed by atoms with Gasteiger partial charge in [-0.25, -0.2) is 15.7 Å². The molecule has 0 unspecified atom stereocenters. The first-order chi connectivity index (χ1) is 17.4. The second-order valence-corrected chi connectivity index (χ2v) is 15.2. The van der Waals surface area contributed by atoms with Crippen molar-refractivity contribution in [1.82, 2.24) is 0 Å². The molecule has 1 rings (SSSR count). The van der Waals surface area contributed by atoms with Crippen molar-refractivity contribution in [2.75, 3.05) is 18.1 Å². The van der Waals surface area contributed by atoms with Gasteiger partial charge in [0, 0.05) is 16.0 Å². The summed E-state index contributed by atoms with van der Waals surface area (Å²) in [5, 5.41) is 11.7. The Morgan fingerprint density at radius 2 is 1.22 bits per heavy atom. The van der Waals surface area contributed by atoms with E-state index in [4.69, 9.17) is 4.74 Å². The third kappa shape index (κ3) is 11.2. The van der Waals surface area contributed by atoms with E-state index in [2.05, 4.69) is 55.4 Å². The van der Waals surface area contributed by atoms with Crippen LogP contribution in [0.25, 0.3) is 0 Å². The standard InChI is InChI=1S/C33H60O3S/c1-10-13-15-17-19-21-23-37(24-22-20-18-16-14-11-2)30-26(31(35)36-12-3)25-27(32(4,5)6)29(34)28(30)33(7,8)9/h25,34,37H,10-24H2,1-9H3. The number of rotatable bonds is 17. The van der Waals surface area contributed by atoms with E-state index in [1.165, 1.54) is 77.0 Å². The number of ether oxygens (including phenoxy) is 1. The van der Waals surface area contributed by atoms with E-state index in [9.17, 15) is 9.90 Å². The number of phenols is 1. The van der Waals surface area contributed by atoms with Gasteiger partial charge < -0.3 is 9.84 Å². The lowest BCUT2D eigenvalue weighted by Gasteiger charge is -2.35. The molecule has 0 bridgehead atoms. The van der Waals surface area contributed by atoms with E-state index >= 15 is 0 Å². The second-order valence-electron chi connectivity index (χ2n) is 12.8. The number of carbonyl (C=O) groups excluding carboxylic acids is 1. The Bertz CT molecular complexity index is 785. The minimum atomic E-state index is -0.579. The van der Waals surface area contributed by atoms with Crippen LogP contribution in [0.5, 0.6) is 5.75 Å². The largest absolute Gasteiger partial charge is 0.507 e. The molecule has 1 N–H and O–H groups in total. The number of aromatic hydroxyl groups is 1. The number of esters is 1. The highest BCUT2D eigenvalue weighted by Gasteiger charge is 2.34. The van der Waals surface area contributed by atoms with Crippen LogP contribution in [0.1, 0.15) is 161 Å². The molecule has 1 aromatic rings. The van der Waals surface area contributed by atoms with Gasteiger partial charge in [-0.3, -0.25) is 0 Å². The average molecular weight is 537 g/mol. The number of carbonyl (C=O) groups is 1. The lowest BCUT2D eigenvalue weighted by Crippen LogP contribution is -2.23. The van der Waals surface area contributed by atoms with Gasteiger partial charge >= 0.3 is 5.97 Å². The van der Waals surface area contributed by atoms with Crippen molar-refractivity contribution < 1.29 is 14.6 Å². The first-order valence-electron chi connectivity index (χ1n) is 15.2.